The second-order valence-corrected chi connectivity index (χ2v) is 7.36. The fourth-order valence-corrected chi connectivity index (χ4v) is 3.88. The average Bonchev–Trinajstić information content (AvgIpc) is 3.19. The highest BCUT2D eigenvalue weighted by molar-refractivity contribution is 6.07. The number of amides is 3. The summed E-state index contributed by atoms with van der Waals surface area (Å²) in [6.45, 7) is 2.71. The van der Waals surface area contributed by atoms with Crippen molar-refractivity contribution in [3.63, 3.8) is 0 Å². The van der Waals surface area contributed by atoms with E-state index >= 15 is 0 Å². The summed E-state index contributed by atoms with van der Waals surface area (Å²) in [5.74, 6) is 0.216. The zero-order valence-electron chi connectivity index (χ0n) is 16.2. The van der Waals surface area contributed by atoms with E-state index in [9.17, 15) is 14.4 Å². The number of nitrogens with zero attached hydrogens (tertiary/aromatic N) is 2. The number of ether oxygens (including phenoxy) is 2. The predicted octanol–water partition coefficient (Wildman–Crippen LogP) is 1.83. The molecule has 0 spiro atoms. The Morgan fingerprint density at radius 2 is 1.77 bits per heavy atom. The standard InChI is InChI=1S/C21H19N3O6/c1-21(13-6-7-16-17(12-13)29-11-10-28-16)18(25)24(19(26)22-21)9-8-23-14-4-2-3-5-15(14)30-20(23)27/h2-7,12H,8-11H2,1H3,(H,22,26)/t21-/m1/s1. The van der Waals surface area contributed by atoms with Gasteiger partial charge in [-0.15, -0.1) is 0 Å². The number of carbonyl (C=O) groups excluding carboxylic acids is 2. The summed E-state index contributed by atoms with van der Waals surface area (Å²) in [6.07, 6.45) is 0. The first-order chi connectivity index (χ1) is 14.5. The maximum Gasteiger partial charge on any atom is 0.420 e. The molecule has 1 N–H and O–H groups in total. The molecule has 2 aromatic carbocycles. The molecule has 3 heterocycles. The zero-order chi connectivity index (χ0) is 20.9. The van der Waals surface area contributed by atoms with Gasteiger partial charge in [-0.2, -0.15) is 0 Å². The molecular weight excluding hydrogens is 390 g/mol. The number of aromatic nitrogens is 1. The summed E-state index contributed by atoms with van der Waals surface area (Å²) in [5, 5.41) is 2.77. The summed E-state index contributed by atoms with van der Waals surface area (Å²) >= 11 is 0. The van der Waals surface area contributed by atoms with Gasteiger partial charge in [0.2, 0.25) is 0 Å². The van der Waals surface area contributed by atoms with E-state index in [1.807, 2.05) is 0 Å². The molecule has 9 nitrogen and oxygen atoms in total. The van der Waals surface area contributed by atoms with Gasteiger partial charge in [0.1, 0.15) is 18.8 Å². The third-order valence-corrected chi connectivity index (χ3v) is 5.52. The van der Waals surface area contributed by atoms with Gasteiger partial charge >= 0.3 is 11.8 Å². The number of para-hydroxylation sites is 2. The summed E-state index contributed by atoms with van der Waals surface area (Å²) in [4.78, 5) is 39.0. The number of hydrogen-bond acceptors (Lipinski definition) is 6. The monoisotopic (exact) mass is 409 g/mol. The lowest BCUT2D eigenvalue weighted by Crippen LogP contribution is -2.41. The molecule has 2 aliphatic rings. The molecule has 0 aliphatic carbocycles. The van der Waals surface area contributed by atoms with E-state index in [0.29, 0.717) is 41.4 Å². The largest absolute Gasteiger partial charge is 0.486 e. The minimum atomic E-state index is -1.24. The van der Waals surface area contributed by atoms with Gasteiger partial charge in [0.05, 0.1) is 5.52 Å². The number of benzene rings is 2. The van der Waals surface area contributed by atoms with E-state index in [4.69, 9.17) is 13.9 Å². The van der Waals surface area contributed by atoms with Crippen molar-refractivity contribution in [3.8, 4) is 11.5 Å². The molecule has 154 valence electrons. The highest BCUT2D eigenvalue weighted by atomic mass is 16.6. The molecule has 1 saturated heterocycles. The van der Waals surface area contributed by atoms with E-state index in [1.54, 1.807) is 49.4 Å². The van der Waals surface area contributed by atoms with Gasteiger partial charge in [0.15, 0.2) is 17.1 Å². The van der Waals surface area contributed by atoms with Crippen LogP contribution >= 0.6 is 0 Å². The molecule has 9 heteroatoms. The van der Waals surface area contributed by atoms with Gasteiger partial charge in [-0.25, -0.2) is 9.59 Å². The van der Waals surface area contributed by atoms with Crippen LogP contribution in [0, 0.1) is 0 Å². The van der Waals surface area contributed by atoms with Crippen molar-refractivity contribution in [1.82, 2.24) is 14.8 Å². The third kappa shape index (κ3) is 2.73. The number of fused-ring (bicyclic) bond motifs is 2. The quantitative estimate of drug-likeness (QED) is 0.660. The second-order valence-electron chi connectivity index (χ2n) is 7.36. The van der Waals surface area contributed by atoms with E-state index in [-0.39, 0.29) is 13.1 Å². The Kier molecular flexibility index (Phi) is 4.05. The molecule has 1 atom stereocenters. The minimum absolute atomic E-state index is 0.0360. The first kappa shape index (κ1) is 18.3. The van der Waals surface area contributed by atoms with E-state index in [1.165, 1.54) is 4.57 Å². The van der Waals surface area contributed by atoms with Crippen LogP contribution in [0.3, 0.4) is 0 Å². The van der Waals surface area contributed by atoms with E-state index < -0.39 is 23.2 Å². The molecule has 30 heavy (non-hydrogen) atoms. The van der Waals surface area contributed by atoms with Gasteiger partial charge in [-0.05, 0) is 36.8 Å². The van der Waals surface area contributed by atoms with Crippen LogP contribution in [0.15, 0.2) is 51.7 Å². The van der Waals surface area contributed by atoms with Crippen molar-refractivity contribution in [1.29, 1.82) is 0 Å². The molecule has 1 aromatic heterocycles. The lowest BCUT2D eigenvalue weighted by Gasteiger charge is -2.25. The summed E-state index contributed by atoms with van der Waals surface area (Å²) in [5.41, 5.74) is 0.430. The Morgan fingerprint density at radius 3 is 2.60 bits per heavy atom. The minimum Gasteiger partial charge on any atom is -0.486 e. The molecule has 5 rings (SSSR count). The molecule has 3 amide bonds. The zero-order valence-corrected chi connectivity index (χ0v) is 16.2. The molecule has 0 saturated carbocycles. The Bertz CT molecular complexity index is 1230. The number of carbonyl (C=O) groups is 2. The molecule has 0 bridgehead atoms. The fraction of sp³-hybridized carbons (Fsp3) is 0.286. The molecule has 3 aromatic rings. The topological polar surface area (TPSA) is 103 Å². The number of oxazole rings is 1. The Hall–Kier alpha value is -3.75. The normalized spacial score (nSPS) is 20.6. The lowest BCUT2D eigenvalue weighted by molar-refractivity contribution is -0.131. The average molecular weight is 409 g/mol. The van der Waals surface area contributed by atoms with Crippen molar-refractivity contribution in [2.75, 3.05) is 19.8 Å². The summed E-state index contributed by atoms with van der Waals surface area (Å²) in [6, 6.07) is 11.7. The Morgan fingerprint density at radius 1 is 1.00 bits per heavy atom. The third-order valence-electron chi connectivity index (χ3n) is 5.52. The number of rotatable bonds is 4. The highest BCUT2D eigenvalue weighted by Crippen LogP contribution is 2.36. The van der Waals surface area contributed by atoms with Crippen molar-refractivity contribution in [2.24, 2.45) is 0 Å². The van der Waals surface area contributed by atoms with Crippen LogP contribution in [0.1, 0.15) is 12.5 Å². The first-order valence-electron chi connectivity index (χ1n) is 9.60. The highest BCUT2D eigenvalue weighted by Gasteiger charge is 2.49. The fourth-order valence-electron chi connectivity index (χ4n) is 3.88. The van der Waals surface area contributed by atoms with Gasteiger partial charge in [0.25, 0.3) is 5.91 Å². The van der Waals surface area contributed by atoms with Gasteiger partial charge < -0.3 is 19.2 Å². The van der Waals surface area contributed by atoms with Crippen LogP contribution in [-0.2, 0) is 16.9 Å². The van der Waals surface area contributed by atoms with Crippen LogP contribution in [0.4, 0.5) is 4.79 Å². The SMILES string of the molecule is C[C@]1(c2ccc3c(c2)OCCO3)NC(=O)N(CCn2c(=O)oc3ccccc32)C1=O. The smallest absolute Gasteiger partial charge is 0.420 e. The summed E-state index contributed by atoms with van der Waals surface area (Å²) in [7, 11) is 0. The first-order valence-corrected chi connectivity index (χ1v) is 9.60. The molecule has 0 radical (unpaired) electrons. The lowest BCUT2D eigenvalue weighted by atomic mass is 9.91. The maximum atomic E-state index is 13.2. The number of imide groups is 1. The van der Waals surface area contributed by atoms with Gasteiger partial charge in [-0.3, -0.25) is 14.3 Å². The summed E-state index contributed by atoms with van der Waals surface area (Å²) < 4.78 is 17.7. The predicted molar refractivity (Wildman–Crippen MR) is 106 cm³/mol. The van der Waals surface area contributed by atoms with E-state index in [2.05, 4.69) is 5.32 Å². The van der Waals surface area contributed by atoms with E-state index in [0.717, 1.165) is 4.90 Å². The Balaban J connectivity index is 1.40. The molecule has 1 fully saturated rings. The van der Waals surface area contributed by atoms with Crippen LogP contribution in [0.5, 0.6) is 11.5 Å². The van der Waals surface area contributed by atoms with Crippen LogP contribution in [0.25, 0.3) is 11.1 Å². The molecule has 2 aliphatic heterocycles. The van der Waals surface area contributed by atoms with Crippen molar-refractivity contribution >= 4 is 23.0 Å². The second kappa shape index (κ2) is 6.65. The van der Waals surface area contributed by atoms with Crippen LogP contribution in [-0.4, -0.2) is 41.2 Å². The van der Waals surface area contributed by atoms with Gasteiger partial charge in [0, 0.05) is 13.1 Å². The van der Waals surface area contributed by atoms with Crippen LogP contribution < -0.4 is 20.5 Å². The Labute approximate surface area is 170 Å². The maximum absolute atomic E-state index is 13.2. The molecular formula is C21H19N3O6. The van der Waals surface area contributed by atoms with Gasteiger partial charge in [-0.1, -0.05) is 18.2 Å². The number of hydrogen-bond donors (Lipinski definition) is 1. The van der Waals surface area contributed by atoms with Crippen molar-refractivity contribution < 1.29 is 23.5 Å². The van der Waals surface area contributed by atoms with Crippen LogP contribution in [0.2, 0.25) is 0 Å². The number of urea groups is 1. The number of nitrogens with one attached hydrogen (secondary N) is 1. The molecule has 0 unspecified atom stereocenters. The van der Waals surface area contributed by atoms with Crippen molar-refractivity contribution in [2.45, 2.75) is 19.0 Å². The van der Waals surface area contributed by atoms with Crippen molar-refractivity contribution in [3.05, 3.63) is 58.6 Å².